The first-order chi connectivity index (χ1) is 7.57. The van der Waals surface area contributed by atoms with Crippen LogP contribution < -0.4 is 10.5 Å². The fourth-order valence-corrected chi connectivity index (χ4v) is 1.65. The molecule has 2 heteroatoms. The van der Waals surface area contributed by atoms with Crippen LogP contribution in [0, 0.1) is 0 Å². The SMILES string of the molecule is C=C(C)COc1ccc(CC2(N)CC2)cc1. The van der Waals surface area contributed by atoms with E-state index in [4.69, 9.17) is 10.5 Å². The van der Waals surface area contributed by atoms with Crippen LogP contribution in [0.1, 0.15) is 25.3 Å². The summed E-state index contributed by atoms with van der Waals surface area (Å²) in [6.07, 6.45) is 3.29. The Morgan fingerprint density at radius 3 is 2.50 bits per heavy atom. The van der Waals surface area contributed by atoms with E-state index in [9.17, 15) is 0 Å². The largest absolute Gasteiger partial charge is 0.489 e. The molecule has 0 aromatic heterocycles. The molecule has 0 aliphatic heterocycles. The quantitative estimate of drug-likeness (QED) is 0.770. The molecular weight excluding hydrogens is 198 g/mol. The molecule has 1 saturated carbocycles. The van der Waals surface area contributed by atoms with Gasteiger partial charge in [-0.05, 0) is 49.5 Å². The average Bonchev–Trinajstić information content (AvgIpc) is 2.95. The van der Waals surface area contributed by atoms with Crippen molar-refractivity contribution >= 4 is 0 Å². The summed E-state index contributed by atoms with van der Waals surface area (Å²) in [5, 5.41) is 0. The summed E-state index contributed by atoms with van der Waals surface area (Å²) >= 11 is 0. The van der Waals surface area contributed by atoms with Crippen molar-refractivity contribution in [3.05, 3.63) is 42.0 Å². The lowest BCUT2D eigenvalue weighted by molar-refractivity contribution is 0.352. The van der Waals surface area contributed by atoms with Gasteiger partial charge in [-0.2, -0.15) is 0 Å². The maximum atomic E-state index is 6.07. The first kappa shape index (κ1) is 11.2. The standard InChI is InChI=1S/C14H19NO/c1-11(2)10-16-13-5-3-12(4-6-13)9-14(15)7-8-14/h3-6H,1,7-10,15H2,2H3. The van der Waals surface area contributed by atoms with Gasteiger partial charge in [0, 0.05) is 5.54 Å². The highest BCUT2D eigenvalue weighted by molar-refractivity contribution is 5.29. The predicted molar refractivity (Wildman–Crippen MR) is 66.6 cm³/mol. The highest BCUT2D eigenvalue weighted by atomic mass is 16.5. The van der Waals surface area contributed by atoms with E-state index in [-0.39, 0.29) is 5.54 Å². The fourth-order valence-electron chi connectivity index (χ4n) is 1.65. The Labute approximate surface area is 97.1 Å². The Morgan fingerprint density at radius 2 is 2.00 bits per heavy atom. The average molecular weight is 217 g/mol. The lowest BCUT2D eigenvalue weighted by Crippen LogP contribution is -2.24. The smallest absolute Gasteiger partial charge is 0.119 e. The van der Waals surface area contributed by atoms with Crippen LogP contribution >= 0.6 is 0 Å². The summed E-state index contributed by atoms with van der Waals surface area (Å²) in [5.74, 6) is 0.897. The van der Waals surface area contributed by atoms with Crippen molar-refractivity contribution in [2.45, 2.75) is 31.7 Å². The van der Waals surface area contributed by atoms with Gasteiger partial charge in [-0.1, -0.05) is 18.7 Å². The lowest BCUT2D eigenvalue weighted by Gasteiger charge is -2.10. The van der Waals surface area contributed by atoms with Gasteiger partial charge in [0.1, 0.15) is 12.4 Å². The molecule has 0 bridgehead atoms. The van der Waals surface area contributed by atoms with Crippen LogP contribution in [-0.4, -0.2) is 12.1 Å². The van der Waals surface area contributed by atoms with Gasteiger partial charge < -0.3 is 10.5 Å². The molecule has 0 heterocycles. The zero-order valence-corrected chi connectivity index (χ0v) is 9.83. The first-order valence-electron chi connectivity index (χ1n) is 5.72. The Bertz CT molecular complexity index is 376. The van der Waals surface area contributed by atoms with Gasteiger partial charge >= 0.3 is 0 Å². The third-order valence-corrected chi connectivity index (χ3v) is 2.86. The second kappa shape index (κ2) is 4.30. The van der Waals surface area contributed by atoms with Gasteiger partial charge in [-0.25, -0.2) is 0 Å². The lowest BCUT2D eigenvalue weighted by atomic mass is 10.1. The molecule has 86 valence electrons. The molecule has 2 rings (SSSR count). The zero-order valence-electron chi connectivity index (χ0n) is 9.83. The van der Waals surface area contributed by atoms with E-state index in [0.29, 0.717) is 6.61 Å². The van der Waals surface area contributed by atoms with Gasteiger partial charge in [-0.3, -0.25) is 0 Å². The van der Waals surface area contributed by atoms with E-state index in [1.54, 1.807) is 0 Å². The topological polar surface area (TPSA) is 35.2 Å². The third kappa shape index (κ3) is 3.11. The molecule has 0 radical (unpaired) electrons. The highest BCUT2D eigenvalue weighted by Gasteiger charge is 2.37. The van der Waals surface area contributed by atoms with Crippen LogP contribution in [0.15, 0.2) is 36.4 Å². The van der Waals surface area contributed by atoms with E-state index in [2.05, 4.69) is 18.7 Å². The van der Waals surface area contributed by atoms with Crippen molar-refractivity contribution in [3.8, 4) is 5.75 Å². The molecule has 0 spiro atoms. The van der Waals surface area contributed by atoms with Crippen molar-refractivity contribution in [1.29, 1.82) is 0 Å². The summed E-state index contributed by atoms with van der Waals surface area (Å²) in [6.45, 7) is 6.34. The van der Waals surface area contributed by atoms with Crippen LogP contribution in [0.5, 0.6) is 5.75 Å². The molecule has 1 aromatic rings. The Hall–Kier alpha value is -1.28. The minimum absolute atomic E-state index is 0.0834. The molecule has 0 unspecified atom stereocenters. The van der Waals surface area contributed by atoms with E-state index in [1.165, 1.54) is 5.56 Å². The normalized spacial score (nSPS) is 16.9. The second-order valence-corrected chi connectivity index (χ2v) is 4.93. The Morgan fingerprint density at radius 1 is 1.38 bits per heavy atom. The maximum Gasteiger partial charge on any atom is 0.119 e. The predicted octanol–water partition coefficient (Wildman–Crippen LogP) is 2.68. The number of nitrogens with two attached hydrogens (primary N) is 1. The molecule has 2 N–H and O–H groups in total. The number of ether oxygens (including phenoxy) is 1. The van der Waals surface area contributed by atoms with E-state index in [0.717, 1.165) is 30.6 Å². The van der Waals surface area contributed by atoms with Gasteiger partial charge in [0.2, 0.25) is 0 Å². The maximum absolute atomic E-state index is 6.07. The van der Waals surface area contributed by atoms with Crippen LogP contribution in [0.3, 0.4) is 0 Å². The Kier molecular flexibility index (Phi) is 3.01. The third-order valence-electron chi connectivity index (χ3n) is 2.86. The van der Waals surface area contributed by atoms with Gasteiger partial charge in [0.25, 0.3) is 0 Å². The van der Waals surface area contributed by atoms with Crippen molar-refractivity contribution in [1.82, 2.24) is 0 Å². The van der Waals surface area contributed by atoms with Crippen LogP contribution in [0.2, 0.25) is 0 Å². The molecule has 1 aliphatic carbocycles. The second-order valence-electron chi connectivity index (χ2n) is 4.93. The summed E-state index contributed by atoms with van der Waals surface area (Å²) in [4.78, 5) is 0. The minimum atomic E-state index is 0.0834. The van der Waals surface area contributed by atoms with Crippen LogP contribution in [0.4, 0.5) is 0 Å². The first-order valence-corrected chi connectivity index (χ1v) is 5.72. The molecule has 1 aromatic carbocycles. The van der Waals surface area contributed by atoms with Gasteiger partial charge in [0.15, 0.2) is 0 Å². The van der Waals surface area contributed by atoms with E-state index < -0.39 is 0 Å². The fraction of sp³-hybridized carbons (Fsp3) is 0.429. The number of benzene rings is 1. The summed E-state index contributed by atoms with van der Waals surface area (Å²) in [5.41, 5.74) is 8.48. The molecular formula is C14H19NO. The molecule has 1 aliphatic rings. The number of hydrogen-bond acceptors (Lipinski definition) is 2. The Balaban J connectivity index is 1.91. The van der Waals surface area contributed by atoms with Crippen LogP contribution in [0.25, 0.3) is 0 Å². The summed E-state index contributed by atoms with van der Waals surface area (Å²) < 4.78 is 5.54. The molecule has 0 saturated heterocycles. The monoisotopic (exact) mass is 217 g/mol. The van der Waals surface area contributed by atoms with E-state index >= 15 is 0 Å². The summed E-state index contributed by atoms with van der Waals surface area (Å²) in [6, 6.07) is 8.20. The molecule has 0 amide bonds. The number of rotatable bonds is 5. The zero-order chi connectivity index (χ0) is 11.6. The molecule has 2 nitrogen and oxygen atoms in total. The van der Waals surface area contributed by atoms with Crippen LogP contribution in [-0.2, 0) is 6.42 Å². The summed E-state index contributed by atoms with van der Waals surface area (Å²) in [7, 11) is 0. The molecule has 1 fully saturated rings. The molecule has 16 heavy (non-hydrogen) atoms. The highest BCUT2D eigenvalue weighted by Crippen LogP contribution is 2.35. The minimum Gasteiger partial charge on any atom is -0.489 e. The molecule has 0 atom stereocenters. The number of hydrogen-bond donors (Lipinski definition) is 1. The van der Waals surface area contributed by atoms with Gasteiger partial charge in [-0.15, -0.1) is 0 Å². The van der Waals surface area contributed by atoms with Crippen molar-refractivity contribution in [2.24, 2.45) is 5.73 Å². The van der Waals surface area contributed by atoms with Crippen molar-refractivity contribution < 1.29 is 4.74 Å². The van der Waals surface area contributed by atoms with Gasteiger partial charge in [0.05, 0.1) is 0 Å². The van der Waals surface area contributed by atoms with E-state index in [1.807, 2.05) is 19.1 Å². The van der Waals surface area contributed by atoms with Crippen molar-refractivity contribution in [2.75, 3.05) is 6.61 Å². The van der Waals surface area contributed by atoms with Crippen molar-refractivity contribution in [3.63, 3.8) is 0 Å².